The number of piperidine rings is 1. The van der Waals surface area contributed by atoms with Gasteiger partial charge in [-0.2, -0.15) is 0 Å². The van der Waals surface area contributed by atoms with E-state index in [1.165, 1.54) is 28.0 Å². The van der Waals surface area contributed by atoms with Crippen molar-refractivity contribution < 1.29 is 9.18 Å². The van der Waals surface area contributed by atoms with E-state index in [1.807, 2.05) is 0 Å². The molecule has 3 aromatic rings. The second-order valence-electron chi connectivity index (χ2n) is 7.61. The molecule has 3 heterocycles. The Morgan fingerprint density at radius 2 is 1.93 bits per heavy atom. The fraction of sp³-hybridized carbons (Fsp3) is 0.381. The number of amides is 1. The predicted molar refractivity (Wildman–Crippen MR) is 111 cm³/mol. The lowest BCUT2D eigenvalue weighted by atomic mass is 10.0. The minimum atomic E-state index is -0.524. The number of benzene rings is 1. The molecule has 2 aromatic heterocycles. The predicted octanol–water partition coefficient (Wildman–Crippen LogP) is 2.67. The quantitative estimate of drug-likeness (QED) is 0.658. The Bertz CT molecular complexity index is 1160. The van der Waals surface area contributed by atoms with Crippen LogP contribution in [0.1, 0.15) is 25.3 Å². The molecule has 0 spiro atoms. The summed E-state index contributed by atoms with van der Waals surface area (Å²) in [6.45, 7) is 3.43. The van der Waals surface area contributed by atoms with Crippen LogP contribution in [0.25, 0.3) is 10.2 Å². The van der Waals surface area contributed by atoms with Crippen LogP contribution >= 0.6 is 11.3 Å². The monoisotopic (exact) mass is 415 g/mol. The second-order valence-corrected chi connectivity index (χ2v) is 8.52. The highest BCUT2D eigenvalue weighted by Crippen LogP contribution is 2.18. The van der Waals surface area contributed by atoms with E-state index in [0.29, 0.717) is 34.8 Å². The molecule has 29 heavy (non-hydrogen) atoms. The summed E-state index contributed by atoms with van der Waals surface area (Å²) >= 11 is 1.25. The van der Waals surface area contributed by atoms with Crippen molar-refractivity contribution in [1.82, 2.24) is 14.0 Å². The van der Waals surface area contributed by atoms with E-state index in [2.05, 4.69) is 6.92 Å². The SMILES string of the molecule is CC1CCCN(C(=O)Cn2c(=O)n(Cc3ccc(F)cc3)c(=O)c3sccc32)C1. The van der Waals surface area contributed by atoms with Crippen LogP contribution in [-0.4, -0.2) is 33.0 Å². The number of aromatic nitrogens is 2. The molecule has 4 rings (SSSR count). The van der Waals surface area contributed by atoms with E-state index < -0.39 is 5.69 Å². The van der Waals surface area contributed by atoms with Gasteiger partial charge < -0.3 is 4.90 Å². The molecule has 1 aliphatic heterocycles. The Morgan fingerprint density at radius 3 is 2.66 bits per heavy atom. The van der Waals surface area contributed by atoms with Gasteiger partial charge in [-0.05, 0) is 47.9 Å². The van der Waals surface area contributed by atoms with E-state index >= 15 is 0 Å². The number of carbonyl (C=O) groups excluding carboxylic acids is 1. The third-order valence-electron chi connectivity index (χ3n) is 5.39. The minimum Gasteiger partial charge on any atom is -0.341 e. The Labute approximate surface area is 170 Å². The van der Waals surface area contributed by atoms with Crippen LogP contribution in [0, 0.1) is 11.7 Å². The molecule has 152 valence electrons. The summed E-state index contributed by atoms with van der Waals surface area (Å²) < 4.78 is 16.1. The topological polar surface area (TPSA) is 64.3 Å². The largest absolute Gasteiger partial charge is 0.341 e. The number of hydrogen-bond donors (Lipinski definition) is 0. The zero-order valence-electron chi connectivity index (χ0n) is 16.1. The van der Waals surface area contributed by atoms with Gasteiger partial charge in [0, 0.05) is 13.1 Å². The van der Waals surface area contributed by atoms with E-state index in [9.17, 15) is 18.8 Å². The average molecular weight is 415 g/mol. The van der Waals surface area contributed by atoms with Crippen LogP contribution in [0.4, 0.5) is 4.39 Å². The van der Waals surface area contributed by atoms with E-state index in [-0.39, 0.29) is 30.4 Å². The molecule has 1 amide bonds. The van der Waals surface area contributed by atoms with Crippen molar-refractivity contribution in [1.29, 1.82) is 0 Å². The number of thiophene rings is 1. The molecule has 0 bridgehead atoms. The van der Waals surface area contributed by atoms with E-state index in [0.717, 1.165) is 17.4 Å². The molecule has 1 aromatic carbocycles. The van der Waals surface area contributed by atoms with Crippen molar-refractivity contribution in [2.24, 2.45) is 5.92 Å². The summed E-state index contributed by atoms with van der Waals surface area (Å²) in [6, 6.07) is 7.39. The minimum absolute atomic E-state index is 0.0285. The maximum Gasteiger partial charge on any atom is 0.332 e. The van der Waals surface area contributed by atoms with Crippen molar-refractivity contribution in [2.45, 2.75) is 32.9 Å². The first-order chi connectivity index (χ1) is 13.9. The van der Waals surface area contributed by atoms with Gasteiger partial charge in [0.05, 0.1) is 12.1 Å². The summed E-state index contributed by atoms with van der Waals surface area (Å²) in [5, 5.41) is 1.75. The number of carbonyl (C=O) groups is 1. The zero-order valence-corrected chi connectivity index (χ0v) is 17.0. The van der Waals surface area contributed by atoms with Crippen LogP contribution in [0.5, 0.6) is 0 Å². The van der Waals surface area contributed by atoms with Crippen molar-refractivity contribution in [2.75, 3.05) is 13.1 Å². The summed E-state index contributed by atoms with van der Waals surface area (Å²) in [5.41, 5.74) is 0.214. The number of halogens is 1. The molecule has 8 heteroatoms. The summed E-state index contributed by atoms with van der Waals surface area (Å²) in [7, 11) is 0. The van der Waals surface area contributed by atoms with Crippen LogP contribution in [-0.2, 0) is 17.9 Å². The van der Waals surface area contributed by atoms with Crippen molar-refractivity contribution in [3.63, 3.8) is 0 Å². The molecule has 0 N–H and O–H groups in total. The Kier molecular flexibility index (Phi) is 5.36. The molecule has 1 aliphatic rings. The average Bonchev–Trinajstić information content (AvgIpc) is 3.20. The zero-order chi connectivity index (χ0) is 20.5. The first kappa shape index (κ1) is 19.6. The molecule has 1 fully saturated rings. The standard InChI is InChI=1S/C21H22FN3O3S/c1-14-3-2-9-23(11-14)18(26)13-24-17-8-10-29-19(17)20(27)25(21(24)28)12-15-4-6-16(22)7-5-15/h4-8,10,14H,2-3,9,11-13H2,1H3. The molecule has 0 saturated carbocycles. The maximum atomic E-state index is 13.2. The van der Waals surface area contributed by atoms with Gasteiger partial charge >= 0.3 is 5.69 Å². The second kappa shape index (κ2) is 7.94. The van der Waals surface area contributed by atoms with Gasteiger partial charge in [0.25, 0.3) is 5.56 Å². The van der Waals surface area contributed by atoms with Gasteiger partial charge in [-0.25, -0.2) is 9.18 Å². The fourth-order valence-corrected chi connectivity index (χ4v) is 4.69. The van der Waals surface area contributed by atoms with Crippen molar-refractivity contribution in [3.8, 4) is 0 Å². The van der Waals surface area contributed by atoms with Crippen LogP contribution < -0.4 is 11.2 Å². The lowest BCUT2D eigenvalue weighted by molar-refractivity contribution is -0.133. The van der Waals surface area contributed by atoms with E-state index in [1.54, 1.807) is 28.5 Å². The smallest absolute Gasteiger partial charge is 0.332 e. The normalized spacial score (nSPS) is 17.0. The highest BCUT2D eigenvalue weighted by Gasteiger charge is 2.23. The van der Waals surface area contributed by atoms with Gasteiger partial charge in [0.2, 0.25) is 5.91 Å². The molecule has 1 saturated heterocycles. The van der Waals surface area contributed by atoms with Gasteiger partial charge in [-0.15, -0.1) is 11.3 Å². The third kappa shape index (κ3) is 3.89. The first-order valence-corrected chi connectivity index (χ1v) is 10.5. The molecule has 0 aliphatic carbocycles. The summed E-state index contributed by atoms with van der Waals surface area (Å²) in [6.07, 6.45) is 2.06. The molecular formula is C21H22FN3O3S. The molecule has 0 radical (unpaired) electrons. The maximum absolute atomic E-state index is 13.2. The van der Waals surface area contributed by atoms with Crippen LogP contribution in [0.15, 0.2) is 45.3 Å². The van der Waals surface area contributed by atoms with Crippen molar-refractivity contribution in [3.05, 3.63) is 67.9 Å². The Hall–Kier alpha value is -2.74. The summed E-state index contributed by atoms with van der Waals surface area (Å²) in [4.78, 5) is 40.7. The van der Waals surface area contributed by atoms with Crippen LogP contribution in [0.2, 0.25) is 0 Å². The number of nitrogens with zero attached hydrogens (tertiary/aromatic N) is 3. The summed E-state index contributed by atoms with van der Waals surface area (Å²) in [5.74, 6) is -0.0512. The van der Waals surface area contributed by atoms with Gasteiger partial charge in [0.15, 0.2) is 0 Å². The molecule has 1 unspecified atom stereocenters. The number of likely N-dealkylation sites (tertiary alicyclic amines) is 1. The first-order valence-electron chi connectivity index (χ1n) is 9.67. The number of hydrogen-bond acceptors (Lipinski definition) is 4. The molecular weight excluding hydrogens is 393 g/mol. The number of fused-ring (bicyclic) bond motifs is 1. The Balaban J connectivity index is 1.72. The highest BCUT2D eigenvalue weighted by atomic mass is 32.1. The Morgan fingerprint density at radius 1 is 1.17 bits per heavy atom. The fourth-order valence-electron chi connectivity index (χ4n) is 3.85. The van der Waals surface area contributed by atoms with Gasteiger partial charge in [-0.1, -0.05) is 19.1 Å². The van der Waals surface area contributed by atoms with Crippen LogP contribution in [0.3, 0.4) is 0 Å². The number of rotatable bonds is 4. The highest BCUT2D eigenvalue weighted by molar-refractivity contribution is 7.17. The lowest BCUT2D eigenvalue weighted by Crippen LogP contribution is -2.45. The molecule has 1 atom stereocenters. The molecule has 6 nitrogen and oxygen atoms in total. The van der Waals surface area contributed by atoms with E-state index in [4.69, 9.17) is 0 Å². The van der Waals surface area contributed by atoms with Gasteiger partial charge in [0.1, 0.15) is 17.1 Å². The lowest BCUT2D eigenvalue weighted by Gasteiger charge is -2.31. The van der Waals surface area contributed by atoms with Crippen molar-refractivity contribution >= 4 is 27.5 Å². The van der Waals surface area contributed by atoms with Gasteiger partial charge in [-0.3, -0.25) is 18.7 Å². The third-order valence-corrected chi connectivity index (χ3v) is 6.29.